The Bertz CT molecular complexity index is 539. The zero-order chi connectivity index (χ0) is 16.5. The second-order valence-electron chi connectivity index (χ2n) is 4.75. The lowest BCUT2D eigenvalue weighted by Gasteiger charge is -2.30. The Kier molecular flexibility index (Phi) is 6.65. The molecule has 112 valence electrons. The van der Waals surface area contributed by atoms with E-state index in [2.05, 4.69) is 5.16 Å². The number of nitrogens with two attached hydrogens (primary N) is 3. The van der Waals surface area contributed by atoms with E-state index in [-0.39, 0.29) is 37.9 Å². The van der Waals surface area contributed by atoms with Gasteiger partial charge < -0.3 is 22.4 Å². The number of nitriles is 3. The molecule has 9 heteroatoms. The predicted octanol–water partition coefficient (Wildman–Crippen LogP) is -0.577. The van der Waals surface area contributed by atoms with Crippen LogP contribution in [-0.2, 0) is 4.79 Å². The molecule has 0 aliphatic rings. The summed E-state index contributed by atoms with van der Waals surface area (Å²) in [6.07, 6.45) is -0.526. The average Bonchev–Trinajstić information content (AvgIpc) is 2.48. The van der Waals surface area contributed by atoms with Crippen LogP contribution in [0.1, 0.15) is 32.1 Å². The van der Waals surface area contributed by atoms with Crippen molar-refractivity contribution in [2.24, 2.45) is 27.8 Å². The largest absolute Gasteiger partial charge is 0.409 e. The third-order valence-electron chi connectivity index (χ3n) is 3.14. The quantitative estimate of drug-likeness (QED) is 0.198. The molecule has 1 amide bonds. The standard InChI is InChI=1S/C12H17N7O2/c13-5-1-3-11(7-14,10(17)20)6-12(18,8-15)4-2-9(16)19-21/h21H,1-4,6,18H2,(H2,16,19)(H2,17,20). The molecule has 0 spiro atoms. The monoisotopic (exact) mass is 291 g/mol. The first-order valence-electron chi connectivity index (χ1n) is 6.04. The van der Waals surface area contributed by atoms with E-state index in [9.17, 15) is 15.3 Å². The van der Waals surface area contributed by atoms with Gasteiger partial charge in [0, 0.05) is 19.3 Å². The number of carbonyl (C=O) groups excluding carboxylic acids is 1. The average molecular weight is 291 g/mol. The summed E-state index contributed by atoms with van der Waals surface area (Å²) in [5.74, 6) is -1.06. The molecule has 21 heavy (non-hydrogen) atoms. The first kappa shape index (κ1) is 18.2. The van der Waals surface area contributed by atoms with Crippen molar-refractivity contribution in [3.8, 4) is 18.2 Å². The molecule has 0 bridgehead atoms. The Balaban J connectivity index is 5.28. The van der Waals surface area contributed by atoms with Crippen LogP contribution in [0.15, 0.2) is 5.16 Å². The molecule has 9 nitrogen and oxygen atoms in total. The maximum atomic E-state index is 11.6. The van der Waals surface area contributed by atoms with Gasteiger partial charge >= 0.3 is 0 Å². The number of oxime groups is 1. The van der Waals surface area contributed by atoms with Gasteiger partial charge in [-0.1, -0.05) is 5.16 Å². The normalized spacial score (nSPS) is 16.6. The van der Waals surface area contributed by atoms with Gasteiger partial charge in [0.2, 0.25) is 5.91 Å². The van der Waals surface area contributed by atoms with Gasteiger partial charge in [-0.2, -0.15) is 15.8 Å². The molecule has 0 saturated carbocycles. The molecule has 0 fully saturated rings. The van der Waals surface area contributed by atoms with Crippen LogP contribution in [0.2, 0.25) is 0 Å². The Morgan fingerprint density at radius 1 is 1.19 bits per heavy atom. The highest BCUT2D eigenvalue weighted by Gasteiger charge is 2.44. The third-order valence-corrected chi connectivity index (χ3v) is 3.14. The second kappa shape index (κ2) is 7.68. The lowest BCUT2D eigenvalue weighted by Crippen LogP contribution is -2.48. The molecule has 0 aromatic carbocycles. The molecule has 0 aromatic rings. The number of nitrogens with zero attached hydrogens (tertiary/aromatic N) is 4. The van der Waals surface area contributed by atoms with Gasteiger partial charge in [0.15, 0.2) is 0 Å². The molecular weight excluding hydrogens is 274 g/mol. The molecule has 0 saturated heterocycles. The van der Waals surface area contributed by atoms with Crippen molar-refractivity contribution in [2.45, 2.75) is 37.6 Å². The van der Waals surface area contributed by atoms with E-state index in [1.807, 2.05) is 12.1 Å². The highest BCUT2D eigenvalue weighted by atomic mass is 16.4. The van der Waals surface area contributed by atoms with E-state index >= 15 is 0 Å². The van der Waals surface area contributed by atoms with Crippen LogP contribution in [0.25, 0.3) is 0 Å². The Hall–Kier alpha value is -2.83. The Labute approximate surface area is 122 Å². The van der Waals surface area contributed by atoms with Crippen LogP contribution in [0.3, 0.4) is 0 Å². The molecular formula is C12H17N7O2. The minimum atomic E-state index is -1.70. The van der Waals surface area contributed by atoms with Gasteiger partial charge in [0.1, 0.15) is 16.8 Å². The highest BCUT2D eigenvalue weighted by Crippen LogP contribution is 2.33. The second-order valence-corrected chi connectivity index (χ2v) is 4.75. The number of rotatable bonds is 8. The number of primary amides is 1. The SMILES string of the molecule is N#CCCC(C#N)(CC(N)(C#N)CCC(N)=NO)C(N)=O. The van der Waals surface area contributed by atoms with Crippen molar-refractivity contribution in [3.63, 3.8) is 0 Å². The van der Waals surface area contributed by atoms with E-state index < -0.39 is 16.9 Å². The van der Waals surface area contributed by atoms with Crippen molar-refractivity contribution in [1.29, 1.82) is 15.8 Å². The topological polar surface area (TPSA) is 199 Å². The Morgan fingerprint density at radius 2 is 1.81 bits per heavy atom. The summed E-state index contributed by atoms with van der Waals surface area (Å²) < 4.78 is 0. The fourth-order valence-corrected chi connectivity index (χ4v) is 1.84. The summed E-state index contributed by atoms with van der Waals surface area (Å²) in [5, 5.41) is 38.3. The summed E-state index contributed by atoms with van der Waals surface area (Å²) in [6.45, 7) is 0. The van der Waals surface area contributed by atoms with Crippen LogP contribution in [0, 0.1) is 39.4 Å². The Morgan fingerprint density at radius 3 is 2.19 bits per heavy atom. The van der Waals surface area contributed by atoms with Crippen molar-refractivity contribution in [2.75, 3.05) is 0 Å². The molecule has 2 unspecified atom stereocenters. The fraction of sp³-hybridized carbons (Fsp3) is 0.583. The molecule has 0 radical (unpaired) electrons. The fourth-order valence-electron chi connectivity index (χ4n) is 1.84. The van der Waals surface area contributed by atoms with Gasteiger partial charge in [-0.25, -0.2) is 0 Å². The molecule has 0 aliphatic heterocycles. The number of carbonyl (C=O) groups is 1. The minimum Gasteiger partial charge on any atom is -0.409 e. The molecule has 0 heterocycles. The van der Waals surface area contributed by atoms with Gasteiger partial charge in [0.05, 0.1) is 18.2 Å². The van der Waals surface area contributed by atoms with E-state index in [0.717, 1.165) is 0 Å². The van der Waals surface area contributed by atoms with Gasteiger partial charge in [-0.3, -0.25) is 4.79 Å². The van der Waals surface area contributed by atoms with E-state index in [1.54, 1.807) is 6.07 Å². The van der Waals surface area contributed by atoms with E-state index in [4.69, 9.17) is 27.7 Å². The maximum absolute atomic E-state index is 11.6. The lowest BCUT2D eigenvalue weighted by atomic mass is 9.72. The van der Waals surface area contributed by atoms with Gasteiger partial charge in [-0.15, -0.1) is 0 Å². The lowest BCUT2D eigenvalue weighted by molar-refractivity contribution is -0.126. The van der Waals surface area contributed by atoms with Crippen molar-refractivity contribution < 1.29 is 10.0 Å². The number of amidine groups is 1. The van der Waals surface area contributed by atoms with Crippen LogP contribution < -0.4 is 17.2 Å². The molecule has 0 aliphatic carbocycles. The molecule has 7 N–H and O–H groups in total. The summed E-state index contributed by atoms with van der Waals surface area (Å²) in [6, 6.07) is 5.42. The zero-order valence-corrected chi connectivity index (χ0v) is 11.4. The van der Waals surface area contributed by atoms with Crippen LogP contribution in [0.5, 0.6) is 0 Å². The molecule has 0 rings (SSSR count). The van der Waals surface area contributed by atoms with E-state index in [1.165, 1.54) is 0 Å². The van der Waals surface area contributed by atoms with Crippen molar-refractivity contribution in [1.82, 2.24) is 0 Å². The summed E-state index contributed by atoms with van der Waals surface area (Å²) in [7, 11) is 0. The predicted molar refractivity (Wildman–Crippen MR) is 71.9 cm³/mol. The molecule has 0 aromatic heterocycles. The maximum Gasteiger partial charge on any atom is 0.238 e. The number of amides is 1. The summed E-state index contributed by atoms with van der Waals surface area (Å²) >= 11 is 0. The number of hydrogen-bond donors (Lipinski definition) is 4. The highest BCUT2D eigenvalue weighted by molar-refractivity contribution is 5.84. The third kappa shape index (κ3) is 4.98. The van der Waals surface area contributed by atoms with Crippen LogP contribution in [-0.4, -0.2) is 22.5 Å². The van der Waals surface area contributed by atoms with E-state index in [0.29, 0.717) is 0 Å². The summed E-state index contributed by atoms with van der Waals surface area (Å²) in [4.78, 5) is 11.6. The smallest absolute Gasteiger partial charge is 0.238 e. The number of hydrogen-bond acceptors (Lipinski definition) is 7. The minimum absolute atomic E-state index is 0.0130. The summed E-state index contributed by atoms with van der Waals surface area (Å²) in [5.41, 5.74) is 13.2. The van der Waals surface area contributed by atoms with Crippen molar-refractivity contribution >= 4 is 11.7 Å². The first-order chi connectivity index (χ1) is 9.79. The zero-order valence-electron chi connectivity index (χ0n) is 11.4. The van der Waals surface area contributed by atoms with Crippen LogP contribution >= 0.6 is 0 Å². The van der Waals surface area contributed by atoms with Crippen LogP contribution in [0.4, 0.5) is 0 Å². The van der Waals surface area contributed by atoms with Gasteiger partial charge in [0.25, 0.3) is 0 Å². The first-order valence-corrected chi connectivity index (χ1v) is 6.04. The van der Waals surface area contributed by atoms with Gasteiger partial charge in [-0.05, 0) is 12.8 Å². The molecule has 2 atom stereocenters. The van der Waals surface area contributed by atoms with Crippen molar-refractivity contribution in [3.05, 3.63) is 0 Å².